The van der Waals surface area contributed by atoms with Crippen LogP contribution < -0.4 is 5.73 Å². The maximum Gasteiger partial charge on any atom is 0.0794 e. The summed E-state index contributed by atoms with van der Waals surface area (Å²) in [5.74, 6) is 0.402. The van der Waals surface area contributed by atoms with Gasteiger partial charge in [0.05, 0.1) is 12.1 Å². The number of nitrogens with two attached hydrogens (primary N) is 1. The predicted octanol–water partition coefficient (Wildman–Crippen LogP) is 0.956. The third kappa shape index (κ3) is 2.55. The first-order valence-corrected chi connectivity index (χ1v) is 4.86. The molecule has 1 aromatic heterocycles. The third-order valence-electron chi connectivity index (χ3n) is 1.83. The van der Waals surface area contributed by atoms with Gasteiger partial charge < -0.3 is 10.8 Å². The Labute approximate surface area is 76.3 Å². The molecule has 0 fully saturated rings. The Morgan fingerprint density at radius 3 is 3.00 bits per heavy atom. The number of aliphatic hydroxyl groups is 1. The van der Waals surface area contributed by atoms with E-state index in [1.165, 1.54) is 4.88 Å². The fourth-order valence-corrected chi connectivity index (χ4v) is 1.81. The largest absolute Gasteiger partial charge is 0.395 e. The number of rotatable bonds is 4. The van der Waals surface area contributed by atoms with E-state index in [0.29, 0.717) is 5.92 Å². The van der Waals surface area contributed by atoms with Crippen molar-refractivity contribution in [1.82, 2.24) is 4.98 Å². The summed E-state index contributed by atoms with van der Waals surface area (Å²) in [4.78, 5) is 5.23. The summed E-state index contributed by atoms with van der Waals surface area (Å²) in [6, 6.07) is -0.109. The van der Waals surface area contributed by atoms with Crippen LogP contribution in [0.4, 0.5) is 0 Å². The minimum Gasteiger partial charge on any atom is -0.395 e. The highest BCUT2D eigenvalue weighted by Crippen LogP contribution is 2.22. The van der Waals surface area contributed by atoms with Crippen LogP contribution in [0.5, 0.6) is 0 Å². The van der Waals surface area contributed by atoms with Crippen molar-refractivity contribution < 1.29 is 5.11 Å². The first-order valence-electron chi connectivity index (χ1n) is 3.99. The van der Waals surface area contributed by atoms with E-state index in [0.717, 1.165) is 6.42 Å². The summed E-state index contributed by atoms with van der Waals surface area (Å²) in [7, 11) is 0. The van der Waals surface area contributed by atoms with E-state index >= 15 is 0 Å². The molecule has 1 rings (SSSR count). The number of aliphatic hydroxyl groups excluding tert-OH is 1. The number of hydrogen-bond donors (Lipinski definition) is 2. The second-order valence-electron chi connectivity index (χ2n) is 2.98. The van der Waals surface area contributed by atoms with Crippen molar-refractivity contribution in [3.05, 3.63) is 16.6 Å². The van der Waals surface area contributed by atoms with Gasteiger partial charge in [0.25, 0.3) is 0 Å². The van der Waals surface area contributed by atoms with Crippen molar-refractivity contribution in [3.8, 4) is 0 Å². The summed E-state index contributed by atoms with van der Waals surface area (Å²) < 4.78 is 0. The normalized spacial score (nSPS) is 15.9. The van der Waals surface area contributed by atoms with Gasteiger partial charge in [-0.1, -0.05) is 6.92 Å². The van der Waals surface area contributed by atoms with Gasteiger partial charge in [0.1, 0.15) is 0 Å². The van der Waals surface area contributed by atoms with Crippen molar-refractivity contribution in [1.29, 1.82) is 0 Å². The van der Waals surface area contributed by atoms with Gasteiger partial charge in [-0.05, 0) is 12.3 Å². The molecule has 68 valence electrons. The van der Waals surface area contributed by atoms with Crippen molar-refractivity contribution in [3.63, 3.8) is 0 Å². The van der Waals surface area contributed by atoms with Crippen molar-refractivity contribution >= 4 is 11.3 Å². The minimum absolute atomic E-state index is 0.0587. The van der Waals surface area contributed by atoms with Crippen LogP contribution in [0.15, 0.2) is 11.7 Å². The molecule has 3 N–H and O–H groups in total. The lowest BCUT2D eigenvalue weighted by molar-refractivity contribution is 0.255. The smallest absolute Gasteiger partial charge is 0.0794 e. The summed E-state index contributed by atoms with van der Waals surface area (Å²) in [6.07, 6.45) is 2.68. The van der Waals surface area contributed by atoms with Gasteiger partial charge in [-0.2, -0.15) is 0 Å². The molecule has 1 heterocycles. The molecular formula is C8H14N2OS. The first kappa shape index (κ1) is 9.64. The van der Waals surface area contributed by atoms with E-state index in [1.807, 2.05) is 11.7 Å². The third-order valence-corrected chi connectivity index (χ3v) is 2.84. The minimum atomic E-state index is -0.109. The van der Waals surface area contributed by atoms with Gasteiger partial charge >= 0.3 is 0 Å². The Hall–Kier alpha value is -0.450. The average Bonchev–Trinajstić information content (AvgIpc) is 2.56. The molecule has 1 aromatic rings. The van der Waals surface area contributed by atoms with Gasteiger partial charge in [0, 0.05) is 17.1 Å². The first-order chi connectivity index (χ1) is 5.74. The van der Waals surface area contributed by atoms with E-state index in [2.05, 4.69) is 11.9 Å². The second-order valence-corrected chi connectivity index (χ2v) is 3.90. The van der Waals surface area contributed by atoms with E-state index < -0.39 is 0 Å². The summed E-state index contributed by atoms with van der Waals surface area (Å²) in [6.45, 7) is 2.16. The molecule has 0 aliphatic rings. The zero-order valence-electron chi connectivity index (χ0n) is 7.10. The number of thiazole rings is 1. The molecule has 12 heavy (non-hydrogen) atoms. The zero-order chi connectivity index (χ0) is 8.97. The lowest BCUT2D eigenvalue weighted by Crippen LogP contribution is -2.25. The van der Waals surface area contributed by atoms with E-state index in [-0.39, 0.29) is 12.6 Å². The summed E-state index contributed by atoms with van der Waals surface area (Å²) >= 11 is 1.64. The van der Waals surface area contributed by atoms with Crippen molar-refractivity contribution in [2.45, 2.75) is 25.3 Å². The van der Waals surface area contributed by atoms with Gasteiger partial charge in [-0.15, -0.1) is 11.3 Å². The Morgan fingerprint density at radius 2 is 2.50 bits per heavy atom. The number of hydrogen-bond acceptors (Lipinski definition) is 4. The fourth-order valence-electron chi connectivity index (χ4n) is 1.11. The molecule has 0 aromatic carbocycles. The van der Waals surface area contributed by atoms with Crippen molar-refractivity contribution in [2.75, 3.05) is 6.61 Å². The van der Waals surface area contributed by atoms with Gasteiger partial charge in [-0.3, -0.25) is 4.98 Å². The predicted molar refractivity (Wildman–Crippen MR) is 50.2 cm³/mol. The van der Waals surface area contributed by atoms with E-state index in [9.17, 15) is 0 Å². The van der Waals surface area contributed by atoms with Gasteiger partial charge in [-0.25, -0.2) is 0 Å². The van der Waals surface area contributed by atoms with Gasteiger partial charge in [0.2, 0.25) is 0 Å². The highest BCUT2D eigenvalue weighted by atomic mass is 32.1. The molecule has 0 saturated carbocycles. The topological polar surface area (TPSA) is 59.1 Å². The van der Waals surface area contributed by atoms with Gasteiger partial charge in [0.15, 0.2) is 0 Å². The molecule has 0 saturated heterocycles. The molecular weight excluding hydrogens is 172 g/mol. The Bertz CT molecular complexity index is 213. The Balaban J connectivity index is 2.44. The van der Waals surface area contributed by atoms with Crippen LogP contribution in [0.25, 0.3) is 0 Å². The zero-order valence-corrected chi connectivity index (χ0v) is 7.92. The molecule has 0 amide bonds. The van der Waals surface area contributed by atoms with Crippen LogP contribution in [0.1, 0.15) is 24.1 Å². The van der Waals surface area contributed by atoms with Crippen molar-refractivity contribution in [2.24, 2.45) is 5.73 Å². The van der Waals surface area contributed by atoms with Crippen LogP contribution in [0.2, 0.25) is 0 Å². The lowest BCUT2D eigenvalue weighted by Gasteiger charge is -2.12. The van der Waals surface area contributed by atoms with Crippen LogP contribution in [-0.2, 0) is 0 Å². The maximum atomic E-state index is 8.74. The van der Waals surface area contributed by atoms with E-state index in [4.69, 9.17) is 10.8 Å². The van der Waals surface area contributed by atoms with Crippen LogP contribution >= 0.6 is 11.3 Å². The van der Waals surface area contributed by atoms with Crippen LogP contribution in [0, 0.1) is 0 Å². The number of nitrogens with zero attached hydrogens (tertiary/aromatic N) is 1. The molecule has 0 spiro atoms. The Kier molecular flexibility index (Phi) is 3.65. The lowest BCUT2D eigenvalue weighted by atomic mass is 10.0. The fraction of sp³-hybridized carbons (Fsp3) is 0.625. The molecule has 0 aliphatic carbocycles. The van der Waals surface area contributed by atoms with Crippen LogP contribution in [-0.4, -0.2) is 22.7 Å². The maximum absolute atomic E-state index is 8.74. The summed E-state index contributed by atoms with van der Waals surface area (Å²) in [5.41, 5.74) is 7.43. The average molecular weight is 186 g/mol. The van der Waals surface area contributed by atoms with E-state index in [1.54, 1.807) is 11.3 Å². The Morgan fingerprint density at radius 1 is 1.75 bits per heavy atom. The number of aromatic nitrogens is 1. The quantitative estimate of drug-likeness (QED) is 0.736. The highest BCUT2D eigenvalue weighted by molar-refractivity contribution is 7.09. The second kappa shape index (κ2) is 4.54. The van der Waals surface area contributed by atoms with Crippen LogP contribution in [0.3, 0.4) is 0 Å². The standard InChI is InChI=1S/C8H14N2OS/c1-6(2-7(9)4-11)8-3-10-5-12-8/h3,5-7,11H,2,4,9H2,1H3. The summed E-state index contributed by atoms with van der Waals surface area (Å²) in [5, 5.41) is 8.74. The SMILES string of the molecule is CC(CC(N)CO)c1cncs1. The molecule has 0 radical (unpaired) electrons. The molecule has 0 aliphatic heterocycles. The molecule has 2 atom stereocenters. The molecule has 3 nitrogen and oxygen atoms in total. The molecule has 0 bridgehead atoms. The highest BCUT2D eigenvalue weighted by Gasteiger charge is 2.11. The monoisotopic (exact) mass is 186 g/mol. The molecule has 4 heteroatoms. The molecule has 2 unspecified atom stereocenters.